The molecule has 0 spiro atoms. The number of nitrogens with zero attached hydrogens (tertiary/aromatic N) is 1. The molecule has 0 saturated heterocycles. The first-order chi connectivity index (χ1) is 8.61. The fraction of sp³-hybridized carbons (Fsp3) is 0.167. The molecule has 18 heavy (non-hydrogen) atoms. The predicted octanol–water partition coefficient (Wildman–Crippen LogP) is 2.48. The number of rotatable bonds is 3. The number of aromatic nitrogens is 2. The van der Waals surface area contributed by atoms with Crippen LogP contribution in [0.15, 0.2) is 33.5 Å². The van der Waals surface area contributed by atoms with Crippen LogP contribution < -0.4 is 5.56 Å². The van der Waals surface area contributed by atoms with Gasteiger partial charge in [-0.1, -0.05) is 12.1 Å². The summed E-state index contributed by atoms with van der Waals surface area (Å²) in [5, 5.41) is 0. The normalized spacial score (nSPS) is 10.6. The summed E-state index contributed by atoms with van der Waals surface area (Å²) in [7, 11) is 1.51. The molecule has 1 heterocycles. The first-order valence-electron chi connectivity index (χ1n) is 5.15. The van der Waals surface area contributed by atoms with E-state index in [1.54, 1.807) is 12.1 Å². The molecule has 1 aromatic carbocycles. The van der Waals surface area contributed by atoms with Crippen LogP contribution in [0.5, 0.6) is 0 Å². The van der Waals surface area contributed by atoms with Crippen LogP contribution in [0.3, 0.4) is 0 Å². The van der Waals surface area contributed by atoms with Gasteiger partial charge in [0.15, 0.2) is 0 Å². The smallest absolute Gasteiger partial charge is 0.265 e. The second-order valence-electron chi connectivity index (χ2n) is 3.62. The molecule has 0 atom stereocenters. The van der Waals surface area contributed by atoms with Crippen LogP contribution in [0.25, 0.3) is 11.4 Å². The van der Waals surface area contributed by atoms with Gasteiger partial charge in [-0.15, -0.1) is 0 Å². The highest BCUT2D eigenvalue weighted by Gasteiger charge is 2.10. The van der Waals surface area contributed by atoms with Gasteiger partial charge < -0.3 is 9.72 Å². The van der Waals surface area contributed by atoms with Crippen LogP contribution in [0.1, 0.15) is 5.69 Å². The zero-order valence-corrected chi connectivity index (χ0v) is 11.1. The lowest BCUT2D eigenvalue weighted by atomic mass is 10.2. The minimum absolute atomic E-state index is 0.201. The molecule has 0 aliphatic heterocycles. The molecule has 6 heteroatoms. The standard InChI is InChI=1S/C12H10BrFN2O2/c1-18-6-9-10(13)12(17)16-11(15-9)7-3-2-4-8(14)5-7/h2-5H,6H2,1H3,(H,15,16,17). The van der Waals surface area contributed by atoms with Crippen molar-refractivity contribution in [3.8, 4) is 11.4 Å². The van der Waals surface area contributed by atoms with Gasteiger partial charge in [-0.05, 0) is 28.1 Å². The Morgan fingerprint density at radius 2 is 2.28 bits per heavy atom. The Labute approximate surface area is 111 Å². The number of hydrogen-bond donors (Lipinski definition) is 1. The van der Waals surface area contributed by atoms with Crippen molar-refractivity contribution in [2.75, 3.05) is 7.11 Å². The van der Waals surface area contributed by atoms with Crippen LogP contribution in [-0.2, 0) is 11.3 Å². The molecule has 0 saturated carbocycles. The van der Waals surface area contributed by atoms with E-state index in [0.717, 1.165) is 0 Å². The zero-order valence-electron chi connectivity index (χ0n) is 9.54. The third-order valence-corrected chi connectivity index (χ3v) is 3.13. The molecule has 0 aliphatic carbocycles. The van der Waals surface area contributed by atoms with Crippen LogP contribution in [0, 0.1) is 5.82 Å². The number of ether oxygens (including phenoxy) is 1. The van der Waals surface area contributed by atoms with Crippen molar-refractivity contribution < 1.29 is 9.13 Å². The Bertz CT molecular complexity index is 628. The fourth-order valence-electron chi connectivity index (χ4n) is 1.51. The molecule has 94 valence electrons. The van der Waals surface area contributed by atoms with Crippen molar-refractivity contribution in [3.63, 3.8) is 0 Å². The molecule has 1 N–H and O–H groups in total. The molecule has 2 aromatic rings. The molecule has 0 fully saturated rings. The Hall–Kier alpha value is -1.53. The van der Waals surface area contributed by atoms with Crippen LogP contribution in [0.4, 0.5) is 4.39 Å². The van der Waals surface area contributed by atoms with Gasteiger partial charge in [0.1, 0.15) is 16.1 Å². The van der Waals surface area contributed by atoms with Crippen molar-refractivity contribution in [1.82, 2.24) is 9.97 Å². The fourth-order valence-corrected chi connectivity index (χ4v) is 1.81. The van der Waals surface area contributed by atoms with E-state index in [9.17, 15) is 9.18 Å². The summed E-state index contributed by atoms with van der Waals surface area (Å²) >= 11 is 3.14. The lowest BCUT2D eigenvalue weighted by Crippen LogP contribution is -2.14. The maximum absolute atomic E-state index is 13.1. The lowest BCUT2D eigenvalue weighted by Gasteiger charge is -2.06. The number of nitrogens with one attached hydrogen (secondary N) is 1. The first-order valence-corrected chi connectivity index (χ1v) is 5.94. The van der Waals surface area contributed by atoms with Crippen LogP contribution in [0.2, 0.25) is 0 Å². The molecule has 0 radical (unpaired) electrons. The van der Waals surface area contributed by atoms with E-state index >= 15 is 0 Å². The first kappa shape index (κ1) is 12.9. The second kappa shape index (κ2) is 5.41. The summed E-state index contributed by atoms with van der Waals surface area (Å²) in [5.74, 6) is -0.0684. The quantitative estimate of drug-likeness (QED) is 0.947. The minimum Gasteiger partial charge on any atom is -0.378 e. The van der Waals surface area contributed by atoms with Gasteiger partial charge in [0.05, 0.1) is 12.3 Å². The number of halogens is 2. The number of hydrogen-bond acceptors (Lipinski definition) is 3. The molecular weight excluding hydrogens is 303 g/mol. The largest absolute Gasteiger partial charge is 0.378 e. The lowest BCUT2D eigenvalue weighted by molar-refractivity contribution is 0.180. The van der Waals surface area contributed by atoms with Gasteiger partial charge >= 0.3 is 0 Å². The van der Waals surface area contributed by atoms with E-state index in [1.807, 2.05) is 0 Å². The highest BCUT2D eigenvalue weighted by atomic mass is 79.9. The molecule has 4 nitrogen and oxygen atoms in total. The van der Waals surface area contributed by atoms with E-state index < -0.39 is 0 Å². The maximum Gasteiger partial charge on any atom is 0.265 e. The van der Waals surface area contributed by atoms with Crippen molar-refractivity contribution >= 4 is 15.9 Å². The summed E-state index contributed by atoms with van der Waals surface area (Å²) in [6, 6.07) is 5.87. The Morgan fingerprint density at radius 1 is 1.50 bits per heavy atom. The third-order valence-electron chi connectivity index (χ3n) is 2.31. The number of methoxy groups -OCH3 is 1. The molecule has 0 aliphatic rings. The van der Waals surface area contributed by atoms with Gasteiger partial charge in [0, 0.05) is 12.7 Å². The summed E-state index contributed by atoms with van der Waals surface area (Å²) in [4.78, 5) is 18.5. The molecule has 1 aromatic heterocycles. The topological polar surface area (TPSA) is 55.0 Å². The Kier molecular flexibility index (Phi) is 3.88. The average Bonchev–Trinajstić information content (AvgIpc) is 2.35. The highest BCUT2D eigenvalue weighted by Crippen LogP contribution is 2.18. The summed E-state index contributed by atoms with van der Waals surface area (Å²) < 4.78 is 18.4. The zero-order chi connectivity index (χ0) is 13.1. The van der Waals surface area contributed by atoms with Crippen LogP contribution in [-0.4, -0.2) is 17.1 Å². The second-order valence-corrected chi connectivity index (χ2v) is 4.41. The van der Waals surface area contributed by atoms with Gasteiger partial charge in [-0.2, -0.15) is 0 Å². The molecule has 0 unspecified atom stereocenters. The maximum atomic E-state index is 13.1. The van der Waals surface area contributed by atoms with E-state index in [1.165, 1.54) is 19.2 Å². The van der Waals surface area contributed by atoms with Gasteiger partial charge in [-0.25, -0.2) is 9.37 Å². The molecular formula is C12H10BrFN2O2. The van der Waals surface area contributed by atoms with Gasteiger partial charge in [0.2, 0.25) is 0 Å². The van der Waals surface area contributed by atoms with Gasteiger partial charge in [-0.3, -0.25) is 4.79 Å². The minimum atomic E-state index is -0.383. The van der Waals surface area contributed by atoms with Gasteiger partial charge in [0.25, 0.3) is 5.56 Å². The van der Waals surface area contributed by atoms with Crippen molar-refractivity contribution in [2.24, 2.45) is 0 Å². The number of benzene rings is 1. The summed E-state index contributed by atoms with van der Waals surface area (Å²) in [6.45, 7) is 0.201. The monoisotopic (exact) mass is 312 g/mol. The predicted molar refractivity (Wildman–Crippen MR) is 68.7 cm³/mol. The van der Waals surface area contributed by atoms with E-state index in [-0.39, 0.29) is 18.0 Å². The number of aromatic amines is 1. The molecule has 2 rings (SSSR count). The van der Waals surface area contributed by atoms with Crippen molar-refractivity contribution in [3.05, 3.63) is 50.6 Å². The summed E-state index contributed by atoms with van der Waals surface area (Å²) in [5.41, 5.74) is 0.661. The van der Waals surface area contributed by atoms with Crippen molar-refractivity contribution in [1.29, 1.82) is 0 Å². The Morgan fingerprint density at radius 3 is 2.94 bits per heavy atom. The van der Waals surface area contributed by atoms with E-state index in [2.05, 4.69) is 25.9 Å². The van der Waals surface area contributed by atoms with E-state index in [4.69, 9.17) is 4.74 Å². The van der Waals surface area contributed by atoms with E-state index in [0.29, 0.717) is 21.6 Å². The third kappa shape index (κ3) is 2.65. The van der Waals surface area contributed by atoms with Crippen LogP contribution >= 0.6 is 15.9 Å². The van der Waals surface area contributed by atoms with Crippen molar-refractivity contribution in [2.45, 2.75) is 6.61 Å². The molecule has 0 bridgehead atoms. The number of H-pyrrole nitrogens is 1. The highest BCUT2D eigenvalue weighted by molar-refractivity contribution is 9.10. The molecule has 0 amide bonds. The Balaban J connectivity index is 2.55. The SMILES string of the molecule is COCc1nc(-c2cccc(F)c2)[nH]c(=O)c1Br. The summed E-state index contributed by atoms with van der Waals surface area (Å²) in [6.07, 6.45) is 0. The average molecular weight is 313 g/mol.